The highest BCUT2D eigenvalue weighted by Crippen LogP contribution is 2.29. The zero-order chi connectivity index (χ0) is 13.6. The van der Waals surface area contributed by atoms with E-state index in [1.54, 1.807) is 6.07 Å². The highest BCUT2D eigenvalue weighted by atomic mass is 19.4. The predicted molar refractivity (Wildman–Crippen MR) is 59.7 cm³/mol. The SMILES string of the molecule is C=CCNC(C#N)c1ccccc1OC(F)(F)F. The number of hydrogen-bond acceptors (Lipinski definition) is 3. The van der Waals surface area contributed by atoms with Crippen molar-refractivity contribution in [2.75, 3.05) is 6.54 Å². The molecule has 0 saturated heterocycles. The van der Waals surface area contributed by atoms with Crippen LogP contribution in [0.25, 0.3) is 0 Å². The van der Waals surface area contributed by atoms with Gasteiger partial charge in [0.1, 0.15) is 11.8 Å². The van der Waals surface area contributed by atoms with Crippen molar-refractivity contribution >= 4 is 0 Å². The van der Waals surface area contributed by atoms with Gasteiger partial charge in [-0.2, -0.15) is 5.26 Å². The number of halogens is 3. The smallest absolute Gasteiger partial charge is 0.405 e. The first kappa shape index (κ1) is 14.1. The van der Waals surface area contributed by atoms with Gasteiger partial charge in [0.2, 0.25) is 0 Å². The quantitative estimate of drug-likeness (QED) is 0.824. The third-order valence-electron chi connectivity index (χ3n) is 2.05. The van der Waals surface area contributed by atoms with E-state index < -0.39 is 12.4 Å². The van der Waals surface area contributed by atoms with Crippen LogP contribution in [0.2, 0.25) is 0 Å². The lowest BCUT2D eigenvalue weighted by molar-refractivity contribution is -0.274. The van der Waals surface area contributed by atoms with E-state index >= 15 is 0 Å². The molecule has 0 radical (unpaired) electrons. The third kappa shape index (κ3) is 4.11. The van der Waals surface area contributed by atoms with Crippen molar-refractivity contribution in [3.05, 3.63) is 42.5 Å². The molecule has 18 heavy (non-hydrogen) atoms. The lowest BCUT2D eigenvalue weighted by atomic mass is 10.1. The highest BCUT2D eigenvalue weighted by molar-refractivity contribution is 5.38. The van der Waals surface area contributed by atoms with E-state index in [9.17, 15) is 13.2 Å². The van der Waals surface area contributed by atoms with E-state index in [4.69, 9.17) is 5.26 Å². The maximum Gasteiger partial charge on any atom is 0.573 e. The monoisotopic (exact) mass is 256 g/mol. The van der Waals surface area contributed by atoms with Gasteiger partial charge >= 0.3 is 6.36 Å². The molecule has 0 aliphatic carbocycles. The van der Waals surface area contributed by atoms with Gasteiger partial charge in [0.15, 0.2) is 0 Å². The van der Waals surface area contributed by atoms with E-state index in [0.717, 1.165) is 0 Å². The highest BCUT2D eigenvalue weighted by Gasteiger charge is 2.32. The predicted octanol–water partition coefficient (Wildman–Crippen LogP) is 2.93. The molecule has 6 heteroatoms. The zero-order valence-electron chi connectivity index (χ0n) is 9.37. The number of alkyl halides is 3. The Bertz CT molecular complexity index is 451. The summed E-state index contributed by atoms with van der Waals surface area (Å²) < 4.78 is 40.5. The fraction of sp³-hybridized carbons (Fsp3) is 0.250. The van der Waals surface area contributed by atoms with Gasteiger partial charge in [0.25, 0.3) is 0 Å². The molecular weight excluding hydrogens is 245 g/mol. The van der Waals surface area contributed by atoms with E-state index in [2.05, 4.69) is 16.6 Å². The lowest BCUT2D eigenvalue weighted by Crippen LogP contribution is -2.23. The summed E-state index contributed by atoms with van der Waals surface area (Å²) in [5.41, 5.74) is 0.138. The van der Waals surface area contributed by atoms with Gasteiger partial charge in [-0.25, -0.2) is 0 Å². The van der Waals surface area contributed by atoms with Crippen LogP contribution in [0.3, 0.4) is 0 Å². The molecule has 0 aliphatic rings. The Balaban J connectivity index is 3.00. The normalized spacial score (nSPS) is 12.6. The molecule has 3 nitrogen and oxygen atoms in total. The first-order valence-corrected chi connectivity index (χ1v) is 5.06. The summed E-state index contributed by atoms with van der Waals surface area (Å²) in [4.78, 5) is 0. The van der Waals surface area contributed by atoms with Crippen LogP contribution in [-0.2, 0) is 0 Å². The summed E-state index contributed by atoms with van der Waals surface area (Å²) in [7, 11) is 0. The van der Waals surface area contributed by atoms with Crippen LogP contribution in [0, 0.1) is 11.3 Å². The first-order valence-electron chi connectivity index (χ1n) is 5.06. The van der Waals surface area contributed by atoms with Crippen molar-refractivity contribution in [3.8, 4) is 11.8 Å². The number of nitriles is 1. The molecule has 1 aromatic rings. The largest absolute Gasteiger partial charge is 0.573 e. The van der Waals surface area contributed by atoms with Gasteiger partial charge in [-0.05, 0) is 6.07 Å². The van der Waals surface area contributed by atoms with Crippen molar-refractivity contribution in [3.63, 3.8) is 0 Å². The Labute approximate surface area is 102 Å². The molecular formula is C12H11F3N2O. The van der Waals surface area contributed by atoms with Crippen LogP contribution in [0.1, 0.15) is 11.6 Å². The van der Waals surface area contributed by atoms with Crippen LogP contribution >= 0.6 is 0 Å². The number of nitrogens with one attached hydrogen (secondary N) is 1. The Morgan fingerprint density at radius 3 is 2.67 bits per heavy atom. The molecule has 1 unspecified atom stereocenters. The minimum absolute atomic E-state index is 0.138. The van der Waals surface area contributed by atoms with Crippen molar-refractivity contribution in [2.24, 2.45) is 0 Å². The molecule has 0 spiro atoms. The van der Waals surface area contributed by atoms with Crippen LogP contribution in [0.15, 0.2) is 36.9 Å². The first-order chi connectivity index (χ1) is 8.48. The molecule has 1 atom stereocenters. The topological polar surface area (TPSA) is 45.0 Å². The number of benzene rings is 1. The molecule has 1 rings (SSSR count). The van der Waals surface area contributed by atoms with Gasteiger partial charge < -0.3 is 4.74 Å². The number of rotatable bonds is 5. The van der Waals surface area contributed by atoms with E-state index in [0.29, 0.717) is 6.54 Å². The Hall–Kier alpha value is -2.00. The summed E-state index contributed by atoms with van der Waals surface area (Å²) >= 11 is 0. The lowest BCUT2D eigenvalue weighted by Gasteiger charge is -2.16. The van der Waals surface area contributed by atoms with Gasteiger partial charge in [-0.1, -0.05) is 24.3 Å². The molecule has 0 saturated carbocycles. The fourth-order valence-electron chi connectivity index (χ4n) is 1.36. The summed E-state index contributed by atoms with van der Waals surface area (Å²) in [6.45, 7) is 3.76. The summed E-state index contributed by atoms with van der Waals surface area (Å²) in [5.74, 6) is -0.381. The molecule has 1 aromatic carbocycles. The Morgan fingerprint density at radius 1 is 1.44 bits per heavy atom. The van der Waals surface area contributed by atoms with Crippen LogP contribution < -0.4 is 10.1 Å². The zero-order valence-corrected chi connectivity index (χ0v) is 9.37. The average molecular weight is 256 g/mol. The molecule has 0 heterocycles. The van der Waals surface area contributed by atoms with Crippen LogP contribution in [0.5, 0.6) is 5.75 Å². The second-order valence-corrected chi connectivity index (χ2v) is 3.34. The summed E-state index contributed by atoms with van der Waals surface area (Å²) in [6.07, 6.45) is -3.27. The molecule has 0 aromatic heterocycles. The van der Waals surface area contributed by atoms with Crippen molar-refractivity contribution in [1.82, 2.24) is 5.32 Å². The second-order valence-electron chi connectivity index (χ2n) is 3.34. The van der Waals surface area contributed by atoms with Gasteiger partial charge in [0, 0.05) is 12.1 Å². The molecule has 0 bridgehead atoms. The molecule has 0 aliphatic heterocycles. The maximum absolute atomic E-state index is 12.2. The van der Waals surface area contributed by atoms with Crippen LogP contribution in [0.4, 0.5) is 13.2 Å². The van der Waals surface area contributed by atoms with Gasteiger partial charge in [-0.3, -0.25) is 5.32 Å². The molecule has 0 fully saturated rings. The number of nitrogens with zero attached hydrogens (tertiary/aromatic N) is 1. The average Bonchev–Trinajstić information content (AvgIpc) is 2.30. The van der Waals surface area contributed by atoms with Gasteiger partial charge in [-0.15, -0.1) is 19.8 Å². The van der Waals surface area contributed by atoms with Crippen molar-refractivity contribution in [2.45, 2.75) is 12.4 Å². The summed E-state index contributed by atoms with van der Waals surface area (Å²) in [5, 5.41) is 11.7. The Morgan fingerprint density at radius 2 is 2.11 bits per heavy atom. The Kier molecular flexibility index (Phi) is 4.75. The second kappa shape index (κ2) is 6.07. The molecule has 96 valence electrons. The maximum atomic E-state index is 12.2. The van der Waals surface area contributed by atoms with E-state index in [1.807, 2.05) is 6.07 Å². The number of para-hydroxylation sites is 1. The minimum atomic E-state index is -4.78. The number of hydrogen-bond donors (Lipinski definition) is 1. The summed E-state index contributed by atoms with van der Waals surface area (Å²) in [6, 6.07) is 6.51. The van der Waals surface area contributed by atoms with Crippen LogP contribution in [-0.4, -0.2) is 12.9 Å². The van der Waals surface area contributed by atoms with E-state index in [1.165, 1.54) is 24.3 Å². The van der Waals surface area contributed by atoms with Crippen molar-refractivity contribution in [1.29, 1.82) is 5.26 Å². The standard InChI is InChI=1S/C12H11F3N2O/c1-2-7-17-10(8-16)9-5-3-4-6-11(9)18-12(13,14)15/h2-6,10,17H,1,7H2. The third-order valence-corrected chi connectivity index (χ3v) is 2.05. The molecule has 0 amide bonds. The van der Waals surface area contributed by atoms with Crippen molar-refractivity contribution < 1.29 is 17.9 Å². The fourth-order valence-corrected chi connectivity index (χ4v) is 1.36. The van der Waals surface area contributed by atoms with Gasteiger partial charge in [0.05, 0.1) is 6.07 Å². The minimum Gasteiger partial charge on any atom is -0.405 e. The molecule has 1 N–H and O–H groups in total. The van der Waals surface area contributed by atoms with E-state index in [-0.39, 0.29) is 11.3 Å². The number of ether oxygens (including phenoxy) is 1.